The fourth-order valence-corrected chi connectivity index (χ4v) is 5.33. The summed E-state index contributed by atoms with van der Waals surface area (Å²) in [5.74, 6) is 0.831. The van der Waals surface area contributed by atoms with Crippen LogP contribution >= 0.6 is 22.9 Å². The monoisotopic (exact) mass is 398 g/mol. The molecule has 1 amide bonds. The molecular weight excluding hydrogens is 380 g/mol. The Labute approximate surface area is 166 Å². The molecule has 6 heteroatoms. The van der Waals surface area contributed by atoms with Crippen LogP contribution in [0.4, 0.5) is 0 Å². The number of piperidine rings is 1. The molecule has 0 aliphatic carbocycles. The number of benzene rings is 2. The zero-order valence-electron chi connectivity index (χ0n) is 14.7. The number of amides is 1. The predicted octanol–water partition coefficient (Wildman–Crippen LogP) is 5.01. The van der Waals surface area contributed by atoms with Crippen LogP contribution in [0.2, 0.25) is 5.02 Å². The first-order chi connectivity index (χ1) is 13.2. The maximum atomic E-state index is 13.3. The van der Waals surface area contributed by atoms with Crippen molar-refractivity contribution in [2.45, 2.75) is 37.8 Å². The van der Waals surface area contributed by atoms with Crippen LogP contribution in [0.1, 0.15) is 35.9 Å². The number of aromatic nitrogens is 1. The summed E-state index contributed by atoms with van der Waals surface area (Å²) in [7, 11) is 0. The summed E-state index contributed by atoms with van der Waals surface area (Å²) < 4.78 is 7.12. The van der Waals surface area contributed by atoms with E-state index in [4.69, 9.17) is 21.3 Å². The molecule has 0 saturated carbocycles. The van der Waals surface area contributed by atoms with Crippen molar-refractivity contribution < 1.29 is 9.53 Å². The van der Waals surface area contributed by atoms with E-state index in [0.717, 1.165) is 47.6 Å². The van der Waals surface area contributed by atoms with Gasteiger partial charge < -0.3 is 9.64 Å². The molecule has 3 heterocycles. The van der Waals surface area contributed by atoms with Gasteiger partial charge in [-0.1, -0.05) is 23.7 Å². The third-order valence-electron chi connectivity index (χ3n) is 5.35. The van der Waals surface area contributed by atoms with Gasteiger partial charge in [0.2, 0.25) is 0 Å². The molecule has 2 atom stereocenters. The van der Waals surface area contributed by atoms with Gasteiger partial charge in [0.15, 0.2) is 6.10 Å². The first kappa shape index (κ1) is 17.0. The maximum Gasteiger partial charge on any atom is 0.264 e. The molecule has 2 aromatic carbocycles. The zero-order chi connectivity index (χ0) is 18.4. The highest BCUT2D eigenvalue weighted by Crippen LogP contribution is 2.38. The highest BCUT2D eigenvalue weighted by molar-refractivity contribution is 7.18. The van der Waals surface area contributed by atoms with E-state index < -0.39 is 6.10 Å². The molecule has 138 valence electrons. The highest BCUT2D eigenvalue weighted by Gasteiger charge is 2.38. The summed E-state index contributed by atoms with van der Waals surface area (Å²) in [5.41, 5.74) is 2.02. The van der Waals surface area contributed by atoms with Gasteiger partial charge in [-0.15, -0.1) is 11.3 Å². The minimum atomic E-state index is -0.464. The number of thiazole rings is 1. The largest absolute Gasteiger partial charge is 0.480 e. The number of hydrogen-bond donors (Lipinski definition) is 0. The summed E-state index contributed by atoms with van der Waals surface area (Å²) in [6.07, 6.45) is 3.22. The second-order valence-electron chi connectivity index (χ2n) is 7.13. The molecule has 27 heavy (non-hydrogen) atoms. The average Bonchev–Trinajstić information content (AvgIpc) is 3.31. The van der Waals surface area contributed by atoms with Crippen molar-refractivity contribution in [1.29, 1.82) is 0 Å². The number of carbonyl (C=O) groups is 1. The second-order valence-corrected chi connectivity index (χ2v) is 8.62. The Hall–Kier alpha value is -2.11. The third kappa shape index (κ3) is 3.09. The number of hydrogen-bond acceptors (Lipinski definition) is 4. The molecule has 0 spiro atoms. The molecule has 0 bridgehead atoms. The van der Waals surface area contributed by atoms with Gasteiger partial charge in [-0.25, -0.2) is 4.98 Å². The number of fused-ring (bicyclic) bond motifs is 2. The lowest BCUT2D eigenvalue weighted by Gasteiger charge is -2.35. The topological polar surface area (TPSA) is 42.4 Å². The molecule has 2 aliphatic rings. The Morgan fingerprint density at radius 3 is 3.00 bits per heavy atom. The summed E-state index contributed by atoms with van der Waals surface area (Å²) in [4.78, 5) is 20.1. The van der Waals surface area contributed by atoms with Crippen LogP contribution < -0.4 is 4.74 Å². The number of carbonyl (C=O) groups excluding carboxylic acids is 1. The molecule has 2 aliphatic heterocycles. The molecule has 0 radical (unpaired) electrons. The van der Waals surface area contributed by atoms with Crippen LogP contribution in [0.5, 0.6) is 5.75 Å². The van der Waals surface area contributed by atoms with Crippen LogP contribution in [0.15, 0.2) is 42.5 Å². The van der Waals surface area contributed by atoms with Crippen molar-refractivity contribution in [2.75, 3.05) is 6.54 Å². The van der Waals surface area contributed by atoms with Crippen LogP contribution in [0.25, 0.3) is 10.2 Å². The SMILES string of the molecule is O=C([C@H]1Cc2cc(Cl)ccc2O1)N1CCCC[C@H]1c1nc2ccccc2s1. The third-order valence-corrected chi connectivity index (χ3v) is 6.73. The lowest BCUT2D eigenvalue weighted by Crippen LogP contribution is -2.45. The minimum Gasteiger partial charge on any atom is -0.480 e. The number of nitrogens with zero attached hydrogens (tertiary/aromatic N) is 2. The molecular formula is C21H19ClN2O2S. The molecule has 4 nitrogen and oxygen atoms in total. The van der Waals surface area contributed by atoms with Gasteiger partial charge in [0.05, 0.1) is 16.3 Å². The molecule has 5 rings (SSSR count). The highest BCUT2D eigenvalue weighted by atomic mass is 35.5. The summed E-state index contributed by atoms with van der Waals surface area (Å²) in [5, 5.41) is 1.71. The van der Waals surface area contributed by atoms with Crippen molar-refractivity contribution in [3.05, 3.63) is 58.1 Å². The fourth-order valence-electron chi connectivity index (χ4n) is 4.02. The molecule has 0 N–H and O–H groups in total. The molecule has 3 aromatic rings. The van der Waals surface area contributed by atoms with Crippen LogP contribution in [0.3, 0.4) is 0 Å². The smallest absolute Gasteiger partial charge is 0.264 e. The first-order valence-corrected chi connectivity index (χ1v) is 10.5. The lowest BCUT2D eigenvalue weighted by atomic mass is 10.0. The number of ether oxygens (including phenoxy) is 1. The van der Waals surface area contributed by atoms with E-state index in [1.165, 1.54) is 4.70 Å². The summed E-state index contributed by atoms with van der Waals surface area (Å²) in [6, 6.07) is 13.7. The van der Waals surface area contributed by atoms with Crippen LogP contribution in [-0.4, -0.2) is 28.4 Å². The van der Waals surface area contributed by atoms with Crippen LogP contribution in [-0.2, 0) is 11.2 Å². The maximum absolute atomic E-state index is 13.3. The Morgan fingerprint density at radius 1 is 1.22 bits per heavy atom. The van der Waals surface area contributed by atoms with Crippen molar-refractivity contribution in [1.82, 2.24) is 9.88 Å². The van der Waals surface area contributed by atoms with Gasteiger partial charge in [-0.05, 0) is 55.2 Å². The van der Waals surface area contributed by atoms with E-state index in [0.29, 0.717) is 11.4 Å². The van der Waals surface area contributed by atoms with E-state index in [1.807, 2.05) is 35.2 Å². The molecule has 1 fully saturated rings. The minimum absolute atomic E-state index is 0.0413. The number of rotatable bonds is 2. The van der Waals surface area contributed by atoms with Gasteiger partial charge in [0, 0.05) is 18.0 Å². The van der Waals surface area contributed by atoms with Gasteiger partial charge in [-0.3, -0.25) is 4.79 Å². The van der Waals surface area contributed by atoms with Crippen molar-refractivity contribution in [3.8, 4) is 5.75 Å². The second kappa shape index (κ2) is 6.80. The van der Waals surface area contributed by atoms with Gasteiger partial charge in [0.1, 0.15) is 10.8 Å². The van der Waals surface area contributed by atoms with Crippen LogP contribution in [0, 0.1) is 0 Å². The first-order valence-electron chi connectivity index (χ1n) is 9.30. The number of halogens is 1. The molecule has 1 saturated heterocycles. The lowest BCUT2D eigenvalue weighted by molar-refractivity contribution is -0.142. The number of likely N-dealkylation sites (tertiary alicyclic amines) is 1. The average molecular weight is 399 g/mol. The van der Waals surface area contributed by atoms with E-state index in [9.17, 15) is 4.79 Å². The fraction of sp³-hybridized carbons (Fsp3) is 0.333. The Bertz CT molecular complexity index is 985. The summed E-state index contributed by atoms with van der Waals surface area (Å²) >= 11 is 7.78. The van der Waals surface area contributed by atoms with Gasteiger partial charge >= 0.3 is 0 Å². The van der Waals surface area contributed by atoms with Gasteiger partial charge in [-0.2, -0.15) is 0 Å². The Kier molecular flexibility index (Phi) is 4.29. The van der Waals surface area contributed by atoms with E-state index >= 15 is 0 Å². The predicted molar refractivity (Wildman–Crippen MR) is 107 cm³/mol. The van der Waals surface area contributed by atoms with Gasteiger partial charge in [0.25, 0.3) is 5.91 Å². The van der Waals surface area contributed by atoms with E-state index in [1.54, 1.807) is 17.4 Å². The zero-order valence-corrected chi connectivity index (χ0v) is 16.3. The summed E-state index contributed by atoms with van der Waals surface area (Å²) in [6.45, 7) is 0.760. The van der Waals surface area contributed by atoms with E-state index in [2.05, 4.69) is 6.07 Å². The normalized spacial score (nSPS) is 21.9. The quantitative estimate of drug-likeness (QED) is 0.609. The van der Waals surface area contributed by atoms with Crippen molar-refractivity contribution in [3.63, 3.8) is 0 Å². The van der Waals surface area contributed by atoms with Crippen molar-refractivity contribution >= 4 is 39.1 Å². The Balaban J connectivity index is 1.41. The molecule has 1 aromatic heterocycles. The standard InChI is InChI=1S/C21H19ClN2O2S/c22-14-8-9-17-13(11-14)12-18(26-17)21(25)24-10-4-3-6-16(24)20-23-15-5-1-2-7-19(15)27-20/h1-2,5,7-9,11,16,18H,3-4,6,10,12H2/t16-,18+/m0/s1. The van der Waals surface area contributed by atoms with E-state index in [-0.39, 0.29) is 11.9 Å². The molecule has 0 unspecified atom stereocenters. The van der Waals surface area contributed by atoms with Crippen molar-refractivity contribution in [2.24, 2.45) is 0 Å². The Morgan fingerprint density at radius 2 is 2.11 bits per heavy atom. The number of para-hydroxylation sites is 1.